The minimum atomic E-state index is 0.455. The first-order valence-corrected chi connectivity index (χ1v) is 10.1. The maximum absolute atomic E-state index is 11.5. The molecule has 0 bridgehead atoms. The van der Waals surface area contributed by atoms with Crippen LogP contribution in [0.1, 0.15) is 34.3 Å². The van der Waals surface area contributed by atoms with Gasteiger partial charge >= 0.3 is 0 Å². The summed E-state index contributed by atoms with van der Waals surface area (Å²) >= 11 is 0. The zero-order valence-electron chi connectivity index (χ0n) is 16.7. The van der Waals surface area contributed by atoms with Crippen molar-refractivity contribution < 1.29 is 4.79 Å². The van der Waals surface area contributed by atoms with E-state index >= 15 is 0 Å². The highest BCUT2D eigenvalue weighted by atomic mass is 16.1. The summed E-state index contributed by atoms with van der Waals surface area (Å²) in [6, 6.07) is 6.26. The summed E-state index contributed by atoms with van der Waals surface area (Å²) in [5, 5.41) is 17.3. The summed E-state index contributed by atoms with van der Waals surface area (Å²) < 4.78 is 1.74. The lowest BCUT2D eigenvalue weighted by molar-refractivity contribution is 0.112. The van der Waals surface area contributed by atoms with Gasteiger partial charge < -0.3 is 15.1 Å². The zero-order valence-corrected chi connectivity index (χ0v) is 16.7. The van der Waals surface area contributed by atoms with Gasteiger partial charge in [-0.25, -0.2) is 9.97 Å². The first kappa shape index (κ1) is 18.4. The fourth-order valence-electron chi connectivity index (χ4n) is 3.93. The first-order valence-electron chi connectivity index (χ1n) is 10.1. The molecular formula is C21H22N8O. The van der Waals surface area contributed by atoms with Crippen LogP contribution >= 0.6 is 0 Å². The monoisotopic (exact) mass is 402 g/mol. The Hall–Kier alpha value is -3.67. The first-order chi connectivity index (χ1) is 14.7. The number of aldehydes is 1. The van der Waals surface area contributed by atoms with Crippen LogP contribution in [0.3, 0.4) is 0 Å². The summed E-state index contributed by atoms with van der Waals surface area (Å²) in [4.78, 5) is 25.1. The third kappa shape index (κ3) is 3.10. The Bertz CT molecular complexity index is 1150. The summed E-state index contributed by atoms with van der Waals surface area (Å²) in [7, 11) is 0. The van der Waals surface area contributed by atoms with Crippen LogP contribution in [0.5, 0.6) is 0 Å². The third-order valence-electron chi connectivity index (χ3n) is 5.72. The minimum absolute atomic E-state index is 0.455. The van der Waals surface area contributed by atoms with Gasteiger partial charge in [-0.1, -0.05) is 0 Å². The number of nitrogens with zero attached hydrogens (tertiary/aromatic N) is 7. The van der Waals surface area contributed by atoms with Crippen LogP contribution < -0.4 is 15.1 Å². The Kier molecular flexibility index (Phi) is 4.47. The predicted octanol–water partition coefficient (Wildman–Crippen LogP) is 2.02. The zero-order chi connectivity index (χ0) is 20.7. The molecule has 0 radical (unpaired) electrons. The highest BCUT2D eigenvalue weighted by molar-refractivity contribution is 5.85. The van der Waals surface area contributed by atoms with Gasteiger partial charge in [0.2, 0.25) is 0 Å². The van der Waals surface area contributed by atoms with E-state index in [1.807, 2.05) is 6.92 Å². The van der Waals surface area contributed by atoms with Gasteiger partial charge in [-0.15, -0.1) is 0 Å². The van der Waals surface area contributed by atoms with Crippen LogP contribution in [0.15, 0.2) is 24.5 Å². The SMILES string of the molecule is Cc1c(N2CCN(c3ncccc3C#N)CC2)nc2c(C=O)cnn2c1NC1CC1. The van der Waals surface area contributed by atoms with Crippen molar-refractivity contribution in [2.24, 2.45) is 0 Å². The molecule has 3 aromatic heterocycles. The second kappa shape index (κ2) is 7.30. The number of nitriles is 1. The topological polar surface area (TPSA) is 102 Å². The number of fused-ring (bicyclic) bond motifs is 1. The summed E-state index contributed by atoms with van der Waals surface area (Å²) in [5.74, 6) is 2.51. The maximum Gasteiger partial charge on any atom is 0.170 e. The van der Waals surface area contributed by atoms with Crippen LogP contribution in [0.4, 0.5) is 17.5 Å². The van der Waals surface area contributed by atoms with Crippen LogP contribution in [0.2, 0.25) is 0 Å². The highest BCUT2D eigenvalue weighted by Crippen LogP contribution is 2.32. The fraction of sp³-hybridized carbons (Fsp3) is 0.381. The number of piperazine rings is 1. The van der Waals surface area contributed by atoms with Crippen molar-refractivity contribution in [2.45, 2.75) is 25.8 Å². The smallest absolute Gasteiger partial charge is 0.170 e. The van der Waals surface area contributed by atoms with E-state index in [2.05, 4.69) is 31.3 Å². The lowest BCUT2D eigenvalue weighted by Crippen LogP contribution is -2.47. The van der Waals surface area contributed by atoms with E-state index in [1.54, 1.807) is 29.0 Å². The Balaban J connectivity index is 1.46. The average molecular weight is 402 g/mol. The van der Waals surface area contributed by atoms with Gasteiger partial charge in [-0.05, 0) is 31.9 Å². The van der Waals surface area contributed by atoms with Crippen molar-refractivity contribution >= 4 is 29.4 Å². The molecule has 9 heteroatoms. The Labute approximate surface area is 173 Å². The molecule has 0 amide bonds. The number of nitrogens with one attached hydrogen (secondary N) is 1. The molecule has 152 valence electrons. The molecule has 1 aliphatic heterocycles. The van der Waals surface area contributed by atoms with E-state index in [0.717, 1.165) is 68.3 Å². The molecule has 3 aromatic rings. The third-order valence-corrected chi connectivity index (χ3v) is 5.72. The number of carbonyl (C=O) groups is 1. The number of hydrogen-bond acceptors (Lipinski definition) is 8. The van der Waals surface area contributed by atoms with Gasteiger partial charge in [0, 0.05) is 44.0 Å². The lowest BCUT2D eigenvalue weighted by atomic mass is 10.2. The summed E-state index contributed by atoms with van der Waals surface area (Å²) in [6.45, 7) is 5.03. The summed E-state index contributed by atoms with van der Waals surface area (Å²) in [5.41, 5.74) is 2.68. The van der Waals surface area contributed by atoms with Crippen molar-refractivity contribution in [3.63, 3.8) is 0 Å². The molecule has 2 aliphatic rings. The molecule has 30 heavy (non-hydrogen) atoms. The number of hydrogen-bond donors (Lipinski definition) is 1. The van der Waals surface area contributed by atoms with E-state index in [9.17, 15) is 10.1 Å². The largest absolute Gasteiger partial charge is 0.367 e. The minimum Gasteiger partial charge on any atom is -0.367 e. The normalized spacial score (nSPS) is 16.5. The Morgan fingerprint density at radius 2 is 1.93 bits per heavy atom. The van der Waals surface area contributed by atoms with Gasteiger partial charge in [0.05, 0.1) is 17.3 Å². The number of anilines is 3. The van der Waals surface area contributed by atoms with Crippen LogP contribution in [-0.2, 0) is 0 Å². The quantitative estimate of drug-likeness (QED) is 0.647. The van der Waals surface area contributed by atoms with E-state index in [4.69, 9.17) is 4.98 Å². The van der Waals surface area contributed by atoms with Crippen molar-refractivity contribution in [3.05, 3.63) is 41.2 Å². The predicted molar refractivity (Wildman–Crippen MR) is 113 cm³/mol. The van der Waals surface area contributed by atoms with Gasteiger partial charge in [0.15, 0.2) is 11.9 Å². The molecule has 1 aliphatic carbocycles. The molecule has 9 nitrogen and oxygen atoms in total. The van der Waals surface area contributed by atoms with Crippen molar-refractivity contribution in [1.82, 2.24) is 19.6 Å². The molecule has 2 fully saturated rings. The van der Waals surface area contributed by atoms with E-state index < -0.39 is 0 Å². The molecule has 1 saturated heterocycles. The molecule has 1 N–H and O–H groups in total. The van der Waals surface area contributed by atoms with Gasteiger partial charge in [0.1, 0.15) is 23.5 Å². The van der Waals surface area contributed by atoms with Gasteiger partial charge in [-0.2, -0.15) is 14.9 Å². The van der Waals surface area contributed by atoms with Crippen LogP contribution in [0, 0.1) is 18.3 Å². The average Bonchev–Trinajstić information content (AvgIpc) is 3.52. The highest BCUT2D eigenvalue weighted by Gasteiger charge is 2.28. The molecule has 0 spiro atoms. The van der Waals surface area contributed by atoms with Crippen LogP contribution in [-0.4, -0.2) is 58.1 Å². The summed E-state index contributed by atoms with van der Waals surface area (Å²) in [6.07, 6.45) is 6.38. The molecule has 5 rings (SSSR count). The maximum atomic E-state index is 11.5. The van der Waals surface area contributed by atoms with Gasteiger partial charge in [0.25, 0.3) is 0 Å². The number of carbonyl (C=O) groups excluding carboxylic acids is 1. The molecule has 1 saturated carbocycles. The van der Waals surface area contributed by atoms with E-state index in [-0.39, 0.29) is 0 Å². The fourth-order valence-corrected chi connectivity index (χ4v) is 3.93. The van der Waals surface area contributed by atoms with Crippen molar-refractivity contribution in [1.29, 1.82) is 5.26 Å². The lowest BCUT2D eigenvalue weighted by Gasteiger charge is -2.37. The molecular weight excluding hydrogens is 380 g/mol. The molecule has 0 atom stereocenters. The Morgan fingerprint density at radius 1 is 1.20 bits per heavy atom. The molecule has 0 aromatic carbocycles. The molecule has 0 unspecified atom stereocenters. The second-order valence-corrected chi connectivity index (χ2v) is 7.74. The Morgan fingerprint density at radius 3 is 2.60 bits per heavy atom. The van der Waals surface area contributed by atoms with Crippen LogP contribution in [0.25, 0.3) is 5.65 Å². The second-order valence-electron chi connectivity index (χ2n) is 7.74. The molecule has 4 heterocycles. The number of aromatic nitrogens is 4. The number of pyridine rings is 1. The number of rotatable bonds is 5. The standard InChI is InChI=1S/C21H22N8O/c1-14-18(26-21-16(13-30)12-24-29(21)19(14)25-17-4-5-17)27-7-9-28(10-8-27)20-15(11-22)3-2-6-23-20/h2-3,6,12-13,17,25H,4-5,7-10H2,1H3. The van der Waals surface area contributed by atoms with Crippen molar-refractivity contribution in [2.75, 3.05) is 41.3 Å². The van der Waals surface area contributed by atoms with E-state index in [1.165, 1.54) is 0 Å². The van der Waals surface area contributed by atoms with Gasteiger partial charge in [-0.3, -0.25) is 4.79 Å². The van der Waals surface area contributed by atoms with E-state index in [0.29, 0.717) is 22.8 Å². The van der Waals surface area contributed by atoms with Crippen molar-refractivity contribution in [3.8, 4) is 6.07 Å².